The SMILES string of the molecule is CC(N)c1ccc(N(C)CC2(N(C)C)CCC2)nc1. The highest BCUT2D eigenvalue weighted by Gasteiger charge is 2.40. The Morgan fingerprint density at radius 2 is 2.00 bits per heavy atom. The smallest absolute Gasteiger partial charge is 0.128 e. The molecule has 1 fully saturated rings. The highest BCUT2D eigenvalue weighted by atomic mass is 15.2. The lowest BCUT2D eigenvalue weighted by Crippen LogP contribution is -2.56. The van der Waals surface area contributed by atoms with Crippen LogP contribution in [0.3, 0.4) is 0 Å². The van der Waals surface area contributed by atoms with E-state index in [2.05, 4.69) is 48.1 Å². The van der Waals surface area contributed by atoms with Crippen LogP contribution in [0.2, 0.25) is 0 Å². The molecule has 1 aromatic heterocycles. The van der Waals surface area contributed by atoms with Crippen molar-refractivity contribution in [1.82, 2.24) is 9.88 Å². The molecule has 1 saturated carbocycles. The van der Waals surface area contributed by atoms with E-state index in [4.69, 9.17) is 5.73 Å². The topological polar surface area (TPSA) is 45.4 Å². The van der Waals surface area contributed by atoms with E-state index in [0.29, 0.717) is 5.54 Å². The third kappa shape index (κ3) is 2.90. The monoisotopic (exact) mass is 262 g/mol. The molecule has 0 spiro atoms. The number of nitrogens with zero attached hydrogens (tertiary/aromatic N) is 3. The summed E-state index contributed by atoms with van der Waals surface area (Å²) in [7, 11) is 6.48. The molecule has 0 saturated heterocycles. The molecule has 4 heteroatoms. The van der Waals surface area contributed by atoms with Crippen LogP contribution in [-0.2, 0) is 0 Å². The molecule has 106 valence electrons. The molecule has 2 rings (SSSR count). The maximum atomic E-state index is 5.85. The second kappa shape index (κ2) is 5.47. The lowest BCUT2D eigenvalue weighted by molar-refractivity contribution is 0.0682. The second-order valence-corrected chi connectivity index (χ2v) is 6.07. The largest absolute Gasteiger partial charge is 0.358 e. The minimum absolute atomic E-state index is 0.0478. The van der Waals surface area contributed by atoms with Gasteiger partial charge in [-0.2, -0.15) is 0 Å². The predicted molar refractivity (Wildman–Crippen MR) is 80.4 cm³/mol. The van der Waals surface area contributed by atoms with Gasteiger partial charge in [0.2, 0.25) is 0 Å². The Balaban J connectivity index is 2.05. The maximum Gasteiger partial charge on any atom is 0.128 e. The van der Waals surface area contributed by atoms with Crippen LogP contribution in [-0.4, -0.2) is 43.1 Å². The third-order valence-corrected chi connectivity index (χ3v) is 4.45. The molecule has 0 aromatic carbocycles. The van der Waals surface area contributed by atoms with Gasteiger partial charge in [0.25, 0.3) is 0 Å². The Bertz CT molecular complexity index is 407. The van der Waals surface area contributed by atoms with Gasteiger partial charge < -0.3 is 15.5 Å². The maximum absolute atomic E-state index is 5.85. The lowest BCUT2D eigenvalue weighted by Gasteiger charge is -2.49. The van der Waals surface area contributed by atoms with E-state index in [1.807, 2.05) is 13.1 Å². The van der Waals surface area contributed by atoms with Crippen molar-refractivity contribution in [3.05, 3.63) is 23.9 Å². The van der Waals surface area contributed by atoms with Gasteiger partial charge in [-0.15, -0.1) is 0 Å². The van der Waals surface area contributed by atoms with Crippen molar-refractivity contribution in [2.45, 2.75) is 37.8 Å². The number of likely N-dealkylation sites (N-methyl/N-ethyl adjacent to an activating group) is 2. The van der Waals surface area contributed by atoms with Crippen LogP contribution in [0.25, 0.3) is 0 Å². The summed E-state index contributed by atoms with van der Waals surface area (Å²) in [5.74, 6) is 1.03. The van der Waals surface area contributed by atoms with E-state index in [1.54, 1.807) is 0 Å². The molecule has 1 heterocycles. The standard InChI is InChI=1S/C15H26N4/c1-12(16)13-6-7-14(17-10-13)19(4)11-15(18(2)3)8-5-9-15/h6-7,10,12H,5,8-9,11,16H2,1-4H3. The molecule has 1 aromatic rings. The van der Waals surface area contributed by atoms with E-state index in [0.717, 1.165) is 17.9 Å². The molecule has 0 amide bonds. The van der Waals surface area contributed by atoms with E-state index in [9.17, 15) is 0 Å². The summed E-state index contributed by atoms with van der Waals surface area (Å²) in [5, 5.41) is 0. The number of pyridine rings is 1. The van der Waals surface area contributed by atoms with Gasteiger partial charge in [-0.1, -0.05) is 6.07 Å². The van der Waals surface area contributed by atoms with Crippen molar-refractivity contribution in [1.29, 1.82) is 0 Å². The number of nitrogens with two attached hydrogens (primary N) is 1. The molecule has 19 heavy (non-hydrogen) atoms. The van der Waals surface area contributed by atoms with E-state index in [1.165, 1.54) is 19.3 Å². The zero-order valence-corrected chi connectivity index (χ0v) is 12.6. The summed E-state index contributed by atoms with van der Waals surface area (Å²) in [6, 6.07) is 4.19. The summed E-state index contributed by atoms with van der Waals surface area (Å²) in [4.78, 5) is 9.15. The zero-order chi connectivity index (χ0) is 14.0. The van der Waals surface area contributed by atoms with E-state index in [-0.39, 0.29) is 6.04 Å². The minimum atomic E-state index is 0.0478. The van der Waals surface area contributed by atoms with Crippen molar-refractivity contribution in [3.63, 3.8) is 0 Å². The van der Waals surface area contributed by atoms with Crippen LogP contribution < -0.4 is 10.6 Å². The first-order valence-corrected chi connectivity index (χ1v) is 7.05. The van der Waals surface area contributed by atoms with Crippen LogP contribution >= 0.6 is 0 Å². The quantitative estimate of drug-likeness (QED) is 0.882. The summed E-state index contributed by atoms with van der Waals surface area (Å²) in [6.07, 6.45) is 5.78. The summed E-state index contributed by atoms with van der Waals surface area (Å²) in [5.41, 5.74) is 7.27. The molecule has 4 nitrogen and oxygen atoms in total. The van der Waals surface area contributed by atoms with Crippen molar-refractivity contribution < 1.29 is 0 Å². The van der Waals surface area contributed by atoms with Gasteiger partial charge in [0.15, 0.2) is 0 Å². The highest BCUT2D eigenvalue weighted by Crippen LogP contribution is 2.37. The number of hydrogen-bond acceptors (Lipinski definition) is 4. The van der Waals surface area contributed by atoms with Gasteiger partial charge >= 0.3 is 0 Å². The first-order chi connectivity index (χ1) is 8.94. The number of rotatable bonds is 5. The van der Waals surface area contributed by atoms with E-state index >= 15 is 0 Å². The summed E-state index contributed by atoms with van der Waals surface area (Å²) >= 11 is 0. The fraction of sp³-hybridized carbons (Fsp3) is 0.667. The lowest BCUT2D eigenvalue weighted by atomic mass is 9.75. The average molecular weight is 262 g/mol. The van der Waals surface area contributed by atoms with Gasteiger partial charge in [-0.05, 0) is 51.9 Å². The third-order valence-electron chi connectivity index (χ3n) is 4.45. The summed E-state index contributed by atoms with van der Waals surface area (Å²) < 4.78 is 0. The fourth-order valence-corrected chi connectivity index (χ4v) is 2.75. The minimum Gasteiger partial charge on any atom is -0.358 e. The molecule has 2 N–H and O–H groups in total. The van der Waals surface area contributed by atoms with Crippen molar-refractivity contribution in [2.75, 3.05) is 32.6 Å². The highest BCUT2D eigenvalue weighted by molar-refractivity contribution is 5.39. The fourth-order valence-electron chi connectivity index (χ4n) is 2.75. The Labute approximate surface area is 116 Å². The predicted octanol–water partition coefficient (Wildman–Crippen LogP) is 2.02. The van der Waals surface area contributed by atoms with Gasteiger partial charge in [0.05, 0.1) is 0 Å². The van der Waals surface area contributed by atoms with Crippen LogP contribution in [0.1, 0.15) is 37.8 Å². The van der Waals surface area contributed by atoms with Crippen molar-refractivity contribution in [3.8, 4) is 0 Å². The van der Waals surface area contributed by atoms with Gasteiger partial charge in [-0.25, -0.2) is 4.98 Å². The molecule has 1 aliphatic carbocycles. The van der Waals surface area contributed by atoms with Gasteiger partial charge in [-0.3, -0.25) is 0 Å². The Kier molecular flexibility index (Phi) is 4.11. The Hall–Kier alpha value is -1.13. The van der Waals surface area contributed by atoms with Gasteiger partial charge in [0, 0.05) is 31.4 Å². The molecule has 0 bridgehead atoms. The normalized spacial score (nSPS) is 19.1. The van der Waals surface area contributed by atoms with Crippen LogP contribution in [0.15, 0.2) is 18.3 Å². The van der Waals surface area contributed by atoms with Crippen LogP contribution in [0.4, 0.5) is 5.82 Å². The molecule has 0 aliphatic heterocycles. The molecule has 1 atom stereocenters. The molecular weight excluding hydrogens is 236 g/mol. The Morgan fingerprint density at radius 1 is 1.32 bits per heavy atom. The first kappa shape index (κ1) is 14.3. The van der Waals surface area contributed by atoms with Gasteiger partial charge in [0.1, 0.15) is 5.82 Å². The zero-order valence-electron chi connectivity index (χ0n) is 12.6. The van der Waals surface area contributed by atoms with Crippen molar-refractivity contribution in [2.24, 2.45) is 5.73 Å². The molecule has 1 unspecified atom stereocenters. The molecule has 0 radical (unpaired) electrons. The first-order valence-electron chi connectivity index (χ1n) is 7.05. The van der Waals surface area contributed by atoms with Crippen LogP contribution in [0, 0.1) is 0 Å². The average Bonchev–Trinajstić information content (AvgIpc) is 2.33. The number of aromatic nitrogens is 1. The summed E-state index contributed by atoms with van der Waals surface area (Å²) in [6.45, 7) is 3.01. The number of hydrogen-bond donors (Lipinski definition) is 1. The molecular formula is C15H26N4. The van der Waals surface area contributed by atoms with E-state index < -0.39 is 0 Å². The molecule has 1 aliphatic rings. The number of anilines is 1. The van der Waals surface area contributed by atoms with Crippen molar-refractivity contribution >= 4 is 5.82 Å². The van der Waals surface area contributed by atoms with Crippen LogP contribution in [0.5, 0.6) is 0 Å². The second-order valence-electron chi connectivity index (χ2n) is 6.07. The Morgan fingerprint density at radius 3 is 2.37 bits per heavy atom.